The van der Waals surface area contributed by atoms with Crippen LogP contribution in [0.5, 0.6) is 5.75 Å². The summed E-state index contributed by atoms with van der Waals surface area (Å²) in [4.78, 5) is 2.45. The quantitative estimate of drug-likeness (QED) is 0.788. The molecule has 20 heavy (non-hydrogen) atoms. The summed E-state index contributed by atoms with van der Waals surface area (Å²) in [5.41, 5.74) is 7.92. The highest BCUT2D eigenvalue weighted by Crippen LogP contribution is 2.45. The van der Waals surface area contributed by atoms with E-state index in [4.69, 9.17) is 0 Å². The van der Waals surface area contributed by atoms with Gasteiger partial charge in [-0.05, 0) is 72.3 Å². The van der Waals surface area contributed by atoms with Gasteiger partial charge < -0.3 is 5.11 Å². The van der Waals surface area contributed by atoms with E-state index in [1.165, 1.54) is 27.8 Å². The van der Waals surface area contributed by atoms with Gasteiger partial charge in [0.1, 0.15) is 5.75 Å². The van der Waals surface area contributed by atoms with Crippen LogP contribution in [0.1, 0.15) is 28.3 Å². The number of benzene rings is 2. The lowest BCUT2D eigenvalue weighted by atomic mass is 9.77. The molecule has 2 aromatic carbocycles. The van der Waals surface area contributed by atoms with E-state index in [0.29, 0.717) is 11.8 Å². The largest absolute Gasteiger partial charge is 0.508 e. The summed E-state index contributed by atoms with van der Waals surface area (Å²) >= 11 is 0. The maximum absolute atomic E-state index is 10.0. The second-order valence-electron chi connectivity index (χ2n) is 6.12. The molecule has 1 aliphatic carbocycles. The first-order valence-corrected chi connectivity index (χ1v) is 7.30. The van der Waals surface area contributed by atoms with Crippen molar-refractivity contribution in [1.82, 2.24) is 4.90 Å². The van der Waals surface area contributed by atoms with Gasteiger partial charge in [0.2, 0.25) is 0 Å². The third-order valence-electron chi connectivity index (χ3n) is 4.92. The molecule has 0 fully saturated rings. The molecule has 0 aromatic heterocycles. The number of likely N-dealkylation sites (N-methyl/N-ethyl adjacent to an activating group) is 1. The van der Waals surface area contributed by atoms with E-state index in [9.17, 15) is 5.11 Å². The molecule has 2 aliphatic rings. The summed E-state index contributed by atoms with van der Waals surface area (Å²) in [6.45, 7) is 3.09. The van der Waals surface area contributed by atoms with Crippen molar-refractivity contribution in [2.45, 2.75) is 25.8 Å². The topological polar surface area (TPSA) is 23.5 Å². The van der Waals surface area contributed by atoms with Crippen LogP contribution < -0.4 is 0 Å². The number of aryl methyl sites for hydroxylation is 1. The first-order valence-electron chi connectivity index (χ1n) is 7.30. The Morgan fingerprint density at radius 2 is 2.00 bits per heavy atom. The lowest BCUT2D eigenvalue weighted by molar-refractivity contribution is 0.228. The van der Waals surface area contributed by atoms with Crippen molar-refractivity contribution in [2.75, 3.05) is 13.6 Å². The molecule has 1 heterocycles. The van der Waals surface area contributed by atoms with Crippen molar-refractivity contribution < 1.29 is 5.11 Å². The van der Waals surface area contributed by atoms with Crippen LogP contribution in [0.3, 0.4) is 0 Å². The minimum Gasteiger partial charge on any atom is -0.508 e. The van der Waals surface area contributed by atoms with Gasteiger partial charge in [0.25, 0.3) is 0 Å². The average molecular weight is 265 g/mol. The number of aromatic hydroxyl groups is 1. The number of fused-ring (bicyclic) bond motifs is 2. The third kappa shape index (κ3) is 1.55. The molecular formula is C18H19NO. The number of hydrogen-bond donors (Lipinski definition) is 1. The van der Waals surface area contributed by atoms with Gasteiger partial charge in [-0.25, -0.2) is 0 Å². The van der Waals surface area contributed by atoms with Gasteiger partial charge >= 0.3 is 0 Å². The molecule has 1 aliphatic heterocycles. The van der Waals surface area contributed by atoms with Crippen LogP contribution in [-0.2, 0) is 12.8 Å². The first kappa shape index (κ1) is 12.0. The minimum absolute atomic E-state index is 0.418. The smallest absolute Gasteiger partial charge is 0.118 e. The summed E-state index contributed by atoms with van der Waals surface area (Å²) in [5, 5.41) is 10.0. The normalized spacial score (nSPS) is 20.4. The van der Waals surface area contributed by atoms with E-state index in [1.54, 1.807) is 0 Å². The van der Waals surface area contributed by atoms with E-state index in [1.807, 2.05) is 13.0 Å². The zero-order chi connectivity index (χ0) is 13.9. The van der Waals surface area contributed by atoms with Crippen molar-refractivity contribution in [3.63, 3.8) is 0 Å². The van der Waals surface area contributed by atoms with Crippen molar-refractivity contribution in [3.05, 3.63) is 52.6 Å². The highest BCUT2D eigenvalue weighted by Gasteiger charge is 2.32. The highest BCUT2D eigenvalue weighted by molar-refractivity contribution is 5.77. The lowest BCUT2D eigenvalue weighted by Gasteiger charge is -2.39. The summed E-state index contributed by atoms with van der Waals surface area (Å²) in [6.07, 6.45) is 2.15. The molecule has 0 saturated heterocycles. The molecule has 2 nitrogen and oxygen atoms in total. The molecule has 2 heteroatoms. The molecule has 1 N–H and O–H groups in total. The summed E-state index contributed by atoms with van der Waals surface area (Å²) in [6, 6.07) is 11.3. The maximum atomic E-state index is 10.0. The third-order valence-corrected chi connectivity index (χ3v) is 4.92. The second kappa shape index (κ2) is 4.10. The Morgan fingerprint density at radius 3 is 2.85 bits per heavy atom. The number of nitrogens with zero attached hydrogens (tertiary/aromatic N) is 1. The first-order chi connectivity index (χ1) is 9.65. The van der Waals surface area contributed by atoms with Gasteiger partial charge in [0.05, 0.1) is 0 Å². The molecule has 102 valence electrons. The van der Waals surface area contributed by atoms with Gasteiger partial charge in [-0.2, -0.15) is 0 Å². The van der Waals surface area contributed by atoms with Crippen LogP contribution in [-0.4, -0.2) is 23.6 Å². The zero-order valence-electron chi connectivity index (χ0n) is 12.0. The number of rotatable bonds is 0. The van der Waals surface area contributed by atoms with E-state index < -0.39 is 0 Å². The number of phenols is 1. The Kier molecular flexibility index (Phi) is 2.45. The number of phenolic OH excluding ortho intramolecular Hbond substituents is 1. The van der Waals surface area contributed by atoms with Gasteiger partial charge in [-0.3, -0.25) is 4.90 Å². The lowest BCUT2D eigenvalue weighted by Crippen LogP contribution is -2.35. The SMILES string of the molecule is Cc1cc2c(cc1O)C[C@H]1c3c(cccc3-2)CCN1C. The van der Waals surface area contributed by atoms with Gasteiger partial charge in [-0.1, -0.05) is 18.2 Å². The van der Waals surface area contributed by atoms with Crippen LogP contribution in [0.15, 0.2) is 30.3 Å². The molecule has 0 radical (unpaired) electrons. The molecule has 0 bridgehead atoms. The van der Waals surface area contributed by atoms with Crippen LogP contribution in [0.4, 0.5) is 0 Å². The molecule has 0 unspecified atom stereocenters. The molecule has 2 aromatic rings. The average Bonchev–Trinajstić information content (AvgIpc) is 2.45. The van der Waals surface area contributed by atoms with Gasteiger partial charge in [0.15, 0.2) is 0 Å². The Bertz CT molecular complexity index is 705. The molecule has 0 amide bonds. The Balaban J connectivity index is 2.02. The summed E-state index contributed by atoms with van der Waals surface area (Å²) < 4.78 is 0. The Labute approximate surface area is 119 Å². The fraction of sp³-hybridized carbons (Fsp3) is 0.333. The monoisotopic (exact) mass is 265 g/mol. The molecule has 0 spiro atoms. The molecular weight excluding hydrogens is 246 g/mol. The summed E-state index contributed by atoms with van der Waals surface area (Å²) in [5.74, 6) is 0.418. The zero-order valence-corrected chi connectivity index (χ0v) is 12.0. The van der Waals surface area contributed by atoms with Crippen molar-refractivity contribution >= 4 is 0 Å². The van der Waals surface area contributed by atoms with Gasteiger partial charge in [0, 0.05) is 12.6 Å². The molecule has 4 rings (SSSR count). The standard InChI is InChI=1S/C18H19NO/c1-11-8-15-13(10-17(11)20)9-16-18-12(6-7-19(16)2)4-3-5-14(15)18/h3-5,8,10,16,20H,6-7,9H2,1-2H3/t16-/m0/s1. The van der Waals surface area contributed by atoms with Gasteiger partial charge in [-0.15, -0.1) is 0 Å². The van der Waals surface area contributed by atoms with Crippen molar-refractivity contribution in [3.8, 4) is 16.9 Å². The van der Waals surface area contributed by atoms with Crippen LogP contribution in [0.2, 0.25) is 0 Å². The minimum atomic E-state index is 0.418. The number of hydrogen-bond acceptors (Lipinski definition) is 2. The predicted molar refractivity (Wildman–Crippen MR) is 81.1 cm³/mol. The van der Waals surface area contributed by atoms with E-state index in [0.717, 1.165) is 24.9 Å². The highest BCUT2D eigenvalue weighted by atomic mass is 16.3. The fourth-order valence-electron chi connectivity index (χ4n) is 3.76. The molecule has 0 saturated carbocycles. The Hall–Kier alpha value is -1.80. The molecule has 1 atom stereocenters. The van der Waals surface area contributed by atoms with Crippen molar-refractivity contribution in [2.24, 2.45) is 0 Å². The van der Waals surface area contributed by atoms with Crippen LogP contribution in [0, 0.1) is 6.92 Å². The van der Waals surface area contributed by atoms with E-state index in [2.05, 4.69) is 36.2 Å². The fourth-order valence-corrected chi connectivity index (χ4v) is 3.76. The van der Waals surface area contributed by atoms with Crippen LogP contribution in [0.25, 0.3) is 11.1 Å². The Morgan fingerprint density at radius 1 is 1.15 bits per heavy atom. The van der Waals surface area contributed by atoms with E-state index >= 15 is 0 Å². The predicted octanol–water partition coefficient (Wildman–Crippen LogP) is 3.45. The van der Waals surface area contributed by atoms with Crippen LogP contribution >= 0.6 is 0 Å². The summed E-state index contributed by atoms with van der Waals surface area (Å²) in [7, 11) is 2.21. The van der Waals surface area contributed by atoms with E-state index in [-0.39, 0.29) is 0 Å². The second-order valence-corrected chi connectivity index (χ2v) is 6.12. The maximum Gasteiger partial charge on any atom is 0.118 e. The van der Waals surface area contributed by atoms with Crippen molar-refractivity contribution in [1.29, 1.82) is 0 Å².